The van der Waals surface area contributed by atoms with E-state index in [-0.39, 0.29) is 11.8 Å². The van der Waals surface area contributed by atoms with Gasteiger partial charge in [0.05, 0.1) is 5.56 Å². The minimum Gasteiger partial charge on any atom is -0.342 e. The fourth-order valence-corrected chi connectivity index (χ4v) is 3.29. The van der Waals surface area contributed by atoms with Gasteiger partial charge in [0.15, 0.2) is 0 Å². The molecule has 1 aromatic carbocycles. The van der Waals surface area contributed by atoms with Crippen LogP contribution in [0.25, 0.3) is 0 Å². The van der Waals surface area contributed by atoms with Crippen molar-refractivity contribution in [1.82, 2.24) is 10.2 Å². The highest BCUT2D eigenvalue weighted by Gasteiger charge is 2.30. The van der Waals surface area contributed by atoms with Crippen LogP contribution < -0.4 is 5.32 Å². The van der Waals surface area contributed by atoms with Crippen LogP contribution in [0.5, 0.6) is 0 Å². The van der Waals surface area contributed by atoms with Crippen LogP contribution in [0.1, 0.15) is 37.8 Å². The van der Waals surface area contributed by atoms with Gasteiger partial charge in [-0.3, -0.25) is 4.79 Å². The second kappa shape index (κ2) is 8.70. The summed E-state index contributed by atoms with van der Waals surface area (Å²) in [5.74, 6) is 0.498. The fourth-order valence-electron chi connectivity index (χ4n) is 3.29. The Bertz CT molecular complexity index is 549. The highest BCUT2D eigenvalue weighted by atomic mass is 19.4. The number of halogens is 3. The quantitative estimate of drug-likeness (QED) is 0.842. The first-order valence-electron chi connectivity index (χ1n) is 8.97. The predicted molar refractivity (Wildman–Crippen MR) is 92.2 cm³/mol. The Kier molecular flexibility index (Phi) is 6.87. The summed E-state index contributed by atoms with van der Waals surface area (Å²) < 4.78 is 37.8. The summed E-state index contributed by atoms with van der Waals surface area (Å²) >= 11 is 0. The monoisotopic (exact) mass is 356 g/mol. The molecule has 0 aliphatic carbocycles. The average Bonchev–Trinajstić information content (AvgIpc) is 2.59. The molecule has 25 heavy (non-hydrogen) atoms. The van der Waals surface area contributed by atoms with Crippen molar-refractivity contribution >= 4 is 5.91 Å². The minimum atomic E-state index is -4.32. The zero-order valence-electron chi connectivity index (χ0n) is 14.9. The lowest BCUT2D eigenvalue weighted by Crippen LogP contribution is -2.43. The molecule has 1 atom stereocenters. The van der Waals surface area contributed by atoms with Crippen molar-refractivity contribution in [2.75, 3.05) is 26.2 Å². The van der Waals surface area contributed by atoms with E-state index in [0.717, 1.165) is 56.7 Å². The molecule has 140 valence electrons. The number of hydrogen-bond acceptors (Lipinski definition) is 2. The number of hydrogen-bond donors (Lipinski definition) is 1. The maximum atomic E-state index is 12.6. The Morgan fingerprint density at radius 2 is 1.84 bits per heavy atom. The number of amides is 1. The van der Waals surface area contributed by atoms with E-state index in [0.29, 0.717) is 12.3 Å². The SMILES string of the molecule is CCNCC1CCN(C(=O)C(C)Cc2ccc(C(F)(F)F)cc2)CC1. The number of carbonyl (C=O) groups is 1. The molecule has 0 saturated carbocycles. The Labute approximate surface area is 147 Å². The zero-order valence-corrected chi connectivity index (χ0v) is 14.9. The third-order valence-electron chi connectivity index (χ3n) is 4.85. The third kappa shape index (κ3) is 5.73. The zero-order chi connectivity index (χ0) is 18.4. The molecule has 6 heteroatoms. The summed E-state index contributed by atoms with van der Waals surface area (Å²) in [6, 6.07) is 5.10. The van der Waals surface area contributed by atoms with Gasteiger partial charge in [0.2, 0.25) is 5.91 Å². The summed E-state index contributed by atoms with van der Waals surface area (Å²) in [5, 5.41) is 3.35. The van der Waals surface area contributed by atoms with Gasteiger partial charge in [0, 0.05) is 19.0 Å². The van der Waals surface area contributed by atoms with Gasteiger partial charge in [-0.1, -0.05) is 26.0 Å². The molecular formula is C19H27F3N2O. The minimum absolute atomic E-state index is 0.0989. The van der Waals surface area contributed by atoms with Crippen LogP contribution >= 0.6 is 0 Å². The lowest BCUT2D eigenvalue weighted by molar-refractivity contribution is -0.138. The second-order valence-electron chi connectivity index (χ2n) is 6.88. The molecule has 0 bridgehead atoms. The van der Waals surface area contributed by atoms with E-state index in [1.165, 1.54) is 12.1 Å². The summed E-state index contributed by atoms with van der Waals surface area (Å²) in [7, 11) is 0. The van der Waals surface area contributed by atoms with E-state index >= 15 is 0 Å². The molecule has 1 heterocycles. The molecular weight excluding hydrogens is 329 g/mol. The highest BCUT2D eigenvalue weighted by molar-refractivity contribution is 5.78. The number of benzene rings is 1. The van der Waals surface area contributed by atoms with Gasteiger partial charge in [0.1, 0.15) is 0 Å². The van der Waals surface area contributed by atoms with Gasteiger partial charge in [-0.15, -0.1) is 0 Å². The first-order valence-corrected chi connectivity index (χ1v) is 8.97. The number of nitrogens with zero attached hydrogens (tertiary/aromatic N) is 1. The standard InChI is InChI=1S/C19H27F3N2O/c1-3-23-13-16-8-10-24(11-9-16)18(25)14(2)12-15-4-6-17(7-5-15)19(20,21)22/h4-7,14,16,23H,3,8-13H2,1-2H3. The van der Waals surface area contributed by atoms with E-state index in [2.05, 4.69) is 12.2 Å². The molecule has 3 nitrogen and oxygen atoms in total. The van der Waals surface area contributed by atoms with Gasteiger partial charge in [-0.05, 0) is 56.0 Å². The number of carbonyl (C=O) groups excluding carboxylic acids is 1. The Morgan fingerprint density at radius 1 is 1.24 bits per heavy atom. The molecule has 1 unspecified atom stereocenters. The summed E-state index contributed by atoms with van der Waals surface area (Å²) in [4.78, 5) is 14.5. The van der Waals surface area contributed by atoms with Gasteiger partial charge in [0.25, 0.3) is 0 Å². The van der Waals surface area contributed by atoms with Gasteiger partial charge < -0.3 is 10.2 Å². The number of alkyl halides is 3. The molecule has 0 radical (unpaired) electrons. The Morgan fingerprint density at radius 3 is 2.36 bits per heavy atom. The number of nitrogens with one attached hydrogen (secondary N) is 1. The predicted octanol–water partition coefficient (Wildman–Crippen LogP) is 3.73. The van der Waals surface area contributed by atoms with Crippen LogP contribution in [0.15, 0.2) is 24.3 Å². The van der Waals surface area contributed by atoms with Crippen molar-refractivity contribution in [2.24, 2.45) is 11.8 Å². The summed E-state index contributed by atoms with van der Waals surface area (Å²) in [6.45, 7) is 7.44. The smallest absolute Gasteiger partial charge is 0.342 e. The molecule has 1 aliphatic heterocycles. The maximum absolute atomic E-state index is 12.6. The van der Waals surface area contributed by atoms with E-state index in [4.69, 9.17) is 0 Å². The Hall–Kier alpha value is -1.56. The molecule has 1 N–H and O–H groups in total. The lowest BCUT2D eigenvalue weighted by atomic mass is 9.94. The first kappa shape index (κ1) is 19.8. The molecule has 1 amide bonds. The van der Waals surface area contributed by atoms with Crippen LogP contribution in [0, 0.1) is 11.8 Å². The van der Waals surface area contributed by atoms with Crippen LogP contribution in [-0.2, 0) is 17.4 Å². The van der Waals surface area contributed by atoms with Crippen molar-refractivity contribution in [3.05, 3.63) is 35.4 Å². The van der Waals surface area contributed by atoms with Crippen LogP contribution in [0.4, 0.5) is 13.2 Å². The van der Waals surface area contributed by atoms with Gasteiger partial charge in [-0.2, -0.15) is 13.2 Å². The van der Waals surface area contributed by atoms with Crippen molar-refractivity contribution in [3.63, 3.8) is 0 Å². The molecule has 0 spiro atoms. The topological polar surface area (TPSA) is 32.3 Å². The normalized spacial score (nSPS) is 17.6. The van der Waals surface area contributed by atoms with Crippen molar-refractivity contribution in [2.45, 2.75) is 39.3 Å². The van der Waals surface area contributed by atoms with E-state index < -0.39 is 11.7 Å². The van der Waals surface area contributed by atoms with Crippen LogP contribution in [-0.4, -0.2) is 37.0 Å². The molecule has 1 aliphatic rings. The number of likely N-dealkylation sites (tertiary alicyclic amines) is 1. The number of rotatable bonds is 6. The maximum Gasteiger partial charge on any atom is 0.416 e. The first-order chi connectivity index (χ1) is 11.8. The van der Waals surface area contributed by atoms with Crippen molar-refractivity contribution in [1.29, 1.82) is 0 Å². The van der Waals surface area contributed by atoms with E-state index in [1.54, 1.807) is 0 Å². The third-order valence-corrected chi connectivity index (χ3v) is 4.85. The van der Waals surface area contributed by atoms with Crippen LogP contribution in [0.3, 0.4) is 0 Å². The van der Waals surface area contributed by atoms with Crippen LogP contribution in [0.2, 0.25) is 0 Å². The van der Waals surface area contributed by atoms with Gasteiger partial charge in [-0.25, -0.2) is 0 Å². The largest absolute Gasteiger partial charge is 0.416 e. The molecule has 2 rings (SSSR count). The fraction of sp³-hybridized carbons (Fsp3) is 0.632. The number of piperidine rings is 1. The van der Waals surface area contributed by atoms with E-state index in [9.17, 15) is 18.0 Å². The Balaban J connectivity index is 1.84. The molecule has 0 aromatic heterocycles. The molecule has 1 fully saturated rings. The molecule has 1 aromatic rings. The van der Waals surface area contributed by atoms with E-state index in [1.807, 2.05) is 11.8 Å². The summed E-state index contributed by atoms with van der Waals surface area (Å²) in [5.41, 5.74) is 0.105. The average molecular weight is 356 g/mol. The van der Waals surface area contributed by atoms with Crippen molar-refractivity contribution in [3.8, 4) is 0 Å². The highest BCUT2D eigenvalue weighted by Crippen LogP contribution is 2.29. The lowest BCUT2D eigenvalue weighted by Gasteiger charge is -2.33. The van der Waals surface area contributed by atoms with Crippen molar-refractivity contribution < 1.29 is 18.0 Å². The molecule has 1 saturated heterocycles. The van der Waals surface area contributed by atoms with Gasteiger partial charge >= 0.3 is 6.18 Å². The second-order valence-corrected chi connectivity index (χ2v) is 6.88. The summed E-state index contributed by atoms with van der Waals surface area (Å²) in [6.07, 6.45) is -1.84.